The molecular weight excluding hydrogens is 434 g/mol. The van der Waals surface area contributed by atoms with Crippen LogP contribution in [0.15, 0.2) is 55.1 Å². The molecule has 176 valence electrons. The lowest BCUT2D eigenvalue weighted by molar-refractivity contribution is -0.0647. The van der Waals surface area contributed by atoms with Gasteiger partial charge in [0.2, 0.25) is 0 Å². The average Bonchev–Trinajstić information content (AvgIpc) is 3.24. The molecule has 0 radical (unpaired) electrons. The van der Waals surface area contributed by atoms with Crippen molar-refractivity contribution >= 4 is 0 Å². The van der Waals surface area contributed by atoms with Crippen LogP contribution in [0.3, 0.4) is 0 Å². The van der Waals surface area contributed by atoms with Gasteiger partial charge in [-0.1, -0.05) is 12.1 Å². The maximum atomic E-state index is 13.4. The molecule has 1 aliphatic heterocycles. The number of aliphatic hydroxyl groups is 1. The first-order chi connectivity index (χ1) is 16.0. The molecule has 0 amide bonds. The highest BCUT2D eigenvalue weighted by Gasteiger charge is 2.33. The van der Waals surface area contributed by atoms with E-state index in [0.29, 0.717) is 39.4 Å². The molecule has 8 nitrogen and oxygen atoms in total. The van der Waals surface area contributed by atoms with Crippen LogP contribution in [0.5, 0.6) is 11.5 Å². The van der Waals surface area contributed by atoms with Gasteiger partial charge in [0.1, 0.15) is 43.0 Å². The lowest BCUT2D eigenvalue weighted by Crippen LogP contribution is -2.48. The highest BCUT2D eigenvalue weighted by molar-refractivity contribution is 5.28. The highest BCUT2D eigenvalue weighted by atomic mass is 19.2. The van der Waals surface area contributed by atoms with Crippen LogP contribution in [0.4, 0.5) is 8.78 Å². The molecule has 0 aliphatic carbocycles. The summed E-state index contributed by atoms with van der Waals surface area (Å²) in [5.74, 6) is -1.05. The highest BCUT2D eigenvalue weighted by Crippen LogP contribution is 2.21. The Morgan fingerprint density at radius 2 is 1.97 bits per heavy atom. The van der Waals surface area contributed by atoms with Gasteiger partial charge in [0.25, 0.3) is 0 Å². The van der Waals surface area contributed by atoms with E-state index in [9.17, 15) is 13.9 Å². The number of halogens is 2. The zero-order valence-electron chi connectivity index (χ0n) is 18.1. The molecule has 2 heterocycles. The Morgan fingerprint density at radius 1 is 1.09 bits per heavy atom. The summed E-state index contributed by atoms with van der Waals surface area (Å²) < 4.78 is 45.2. The molecule has 33 heavy (non-hydrogen) atoms. The van der Waals surface area contributed by atoms with Gasteiger partial charge in [-0.15, -0.1) is 0 Å². The first-order valence-electron chi connectivity index (χ1n) is 10.6. The Hall–Kier alpha value is -3.08. The summed E-state index contributed by atoms with van der Waals surface area (Å²) in [6, 6.07) is 11.0. The van der Waals surface area contributed by atoms with E-state index in [1.165, 1.54) is 12.4 Å². The Balaban J connectivity index is 1.32. The Bertz CT molecular complexity index is 1040. The van der Waals surface area contributed by atoms with Gasteiger partial charge in [-0.05, 0) is 29.8 Å². The number of rotatable bonds is 9. The summed E-state index contributed by atoms with van der Waals surface area (Å²) in [6.07, 6.45) is 3.12. The maximum absolute atomic E-state index is 13.4. The minimum absolute atomic E-state index is 0.0820. The normalized spacial score (nSPS) is 19.2. The van der Waals surface area contributed by atoms with E-state index in [1.807, 2.05) is 24.3 Å². The fourth-order valence-electron chi connectivity index (χ4n) is 3.60. The van der Waals surface area contributed by atoms with E-state index in [0.717, 1.165) is 23.4 Å². The molecule has 2 aromatic carbocycles. The summed E-state index contributed by atoms with van der Waals surface area (Å²) in [7, 11) is 0. The minimum Gasteiger partial charge on any atom is -0.492 e. The molecule has 4 rings (SSSR count). The van der Waals surface area contributed by atoms with Gasteiger partial charge in [0.05, 0.1) is 19.8 Å². The molecule has 0 bridgehead atoms. The smallest absolute Gasteiger partial charge is 0.162 e. The lowest BCUT2D eigenvalue weighted by atomic mass is 10.1. The molecule has 1 aliphatic rings. The first-order valence-corrected chi connectivity index (χ1v) is 10.6. The fourth-order valence-corrected chi connectivity index (χ4v) is 3.60. The Kier molecular flexibility index (Phi) is 7.48. The Labute approximate surface area is 190 Å². The predicted molar refractivity (Wildman–Crippen MR) is 115 cm³/mol. The Morgan fingerprint density at radius 3 is 2.79 bits per heavy atom. The monoisotopic (exact) mass is 460 g/mol. The van der Waals surface area contributed by atoms with Crippen LogP contribution in [0.2, 0.25) is 0 Å². The van der Waals surface area contributed by atoms with Crippen LogP contribution >= 0.6 is 0 Å². The van der Waals surface area contributed by atoms with E-state index in [-0.39, 0.29) is 19.0 Å². The number of ether oxygens (including phenoxy) is 3. The molecule has 10 heteroatoms. The van der Waals surface area contributed by atoms with E-state index >= 15 is 0 Å². The van der Waals surface area contributed by atoms with Gasteiger partial charge in [0.15, 0.2) is 11.6 Å². The van der Waals surface area contributed by atoms with Gasteiger partial charge in [-0.25, -0.2) is 18.4 Å². The van der Waals surface area contributed by atoms with Gasteiger partial charge in [-0.3, -0.25) is 4.90 Å². The summed E-state index contributed by atoms with van der Waals surface area (Å²) in [4.78, 5) is 5.97. The molecule has 3 aromatic rings. The molecule has 0 saturated carbocycles. The summed E-state index contributed by atoms with van der Waals surface area (Å²) in [6.45, 7) is 3.00. The largest absolute Gasteiger partial charge is 0.492 e. The number of hydrogen-bond acceptors (Lipinski definition) is 7. The second kappa shape index (κ2) is 10.7. The molecule has 1 N–H and O–H groups in total. The molecule has 1 fully saturated rings. The molecule has 1 saturated heterocycles. The quantitative estimate of drug-likeness (QED) is 0.525. The summed E-state index contributed by atoms with van der Waals surface area (Å²) in [5, 5.41) is 15.1. The zero-order chi connectivity index (χ0) is 23.1. The molecule has 1 atom stereocenters. The number of hydrogen-bond donors (Lipinski definition) is 1. The first kappa shape index (κ1) is 23.1. The summed E-state index contributed by atoms with van der Waals surface area (Å²) >= 11 is 0. The standard InChI is InChI=1S/C23H26F2N4O4/c24-21-5-4-20(11-22(21)25)33-15-23(30)13-28(6-8-31-14-23)12-18-2-1-3-19(10-18)32-9-7-29-17-26-16-27-29/h1-5,10-11,16-17,30H,6-9,12-15H2/t23-/m0/s1. The van der Waals surface area contributed by atoms with Crippen LogP contribution < -0.4 is 9.47 Å². The van der Waals surface area contributed by atoms with Crippen molar-refractivity contribution in [3.05, 3.63) is 72.3 Å². The van der Waals surface area contributed by atoms with E-state index in [4.69, 9.17) is 14.2 Å². The van der Waals surface area contributed by atoms with Gasteiger partial charge in [0, 0.05) is 25.7 Å². The van der Waals surface area contributed by atoms with Crippen molar-refractivity contribution in [3.8, 4) is 11.5 Å². The SMILES string of the molecule is O[C@]1(COc2ccc(F)c(F)c2)COCCN(Cc2cccc(OCCn3cncn3)c2)C1. The molecular formula is C23H26F2N4O4. The molecule has 1 aromatic heterocycles. The number of benzene rings is 2. The fraction of sp³-hybridized carbons (Fsp3) is 0.391. The van der Waals surface area contributed by atoms with Crippen LogP contribution in [0, 0.1) is 11.6 Å². The predicted octanol–water partition coefficient (Wildman–Crippen LogP) is 2.28. The van der Waals surface area contributed by atoms with Crippen LogP contribution in [-0.2, 0) is 17.8 Å². The second-order valence-corrected chi connectivity index (χ2v) is 8.01. The van der Waals surface area contributed by atoms with Crippen LogP contribution in [-0.4, -0.2) is 69.9 Å². The zero-order valence-corrected chi connectivity index (χ0v) is 18.1. The molecule has 0 unspecified atom stereocenters. The number of aromatic nitrogens is 3. The van der Waals surface area contributed by atoms with Gasteiger partial charge >= 0.3 is 0 Å². The topological polar surface area (TPSA) is 81.9 Å². The van der Waals surface area contributed by atoms with E-state index in [1.54, 1.807) is 11.0 Å². The third-order valence-corrected chi connectivity index (χ3v) is 5.20. The van der Waals surface area contributed by atoms with Crippen molar-refractivity contribution < 1.29 is 28.1 Å². The van der Waals surface area contributed by atoms with Crippen molar-refractivity contribution in [2.24, 2.45) is 0 Å². The van der Waals surface area contributed by atoms with Crippen LogP contribution in [0.1, 0.15) is 5.56 Å². The minimum atomic E-state index is -1.30. The lowest BCUT2D eigenvalue weighted by Gasteiger charge is -2.30. The van der Waals surface area contributed by atoms with Crippen LogP contribution in [0.25, 0.3) is 0 Å². The van der Waals surface area contributed by atoms with Crippen molar-refractivity contribution in [2.75, 3.05) is 39.5 Å². The number of nitrogens with zero attached hydrogens (tertiary/aromatic N) is 4. The molecule has 0 spiro atoms. The van der Waals surface area contributed by atoms with Gasteiger partial charge in [-0.2, -0.15) is 5.10 Å². The van der Waals surface area contributed by atoms with Crippen molar-refractivity contribution in [1.29, 1.82) is 0 Å². The second-order valence-electron chi connectivity index (χ2n) is 8.01. The van der Waals surface area contributed by atoms with E-state index < -0.39 is 17.2 Å². The van der Waals surface area contributed by atoms with Crippen molar-refractivity contribution in [1.82, 2.24) is 19.7 Å². The summed E-state index contributed by atoms with van der Waals surface area (Å²) in [5.41, 5.74) is -0.271. The van der Waals surface area contributed by atoms with Crippen molar-refractivity contribution in [3.63, 3.8) is 0 Å². The van der Waals surface area contributed by atoms with E-state index in [2.05, 4.69) is 15.0 Å². The van der Waals surface area contributed by atoms with Gasteiger partial charge < -0.3 is 19.3 Å². The maximum Gasteiger partial charge on any atom is 0.162 e. The third kappa shape index (κ3) is 6.70. The number of β-amino-alcohol motifs (C(OH)–C–C–N with tert-alkyl or cyclic N) is 1. The average molecular weight is 460 g/mol. The van der Waals surface area contributed by atoms with Crippen molar-refractivity contribution in [2.45, 2.75) is 18.7 Å². The third-order valence-electron chi connectivity index (χ3n) is 5.20.